The summed E-state index contributed by atoms with van der Waals surface area (Å²) in [6.07, 6.45) is 0.159. The first-order valence-corrected chi connectivity index (χ1v) is 3.23. The second-order valence-electron chi connectivity index (χ2n) is 2.08. The third-order valence-electron chi connectivity index (χ3n) is 1.01. The predicted octanol–water partition coefficient (Wildman–Crippen LogP) is -2.01. The van der Waals surface area contributed by atoms with Crippen LogP contribution in [0.4, 0.5) is 0 Å². The molecule has 0 aromatic heterocycles. The van der Waals surface area contributed by atoms with E-state index in [4.69, 9.17) is 22.3 Å². The molecule has 0 aliphatic heterocycles. The summed E-state index contributed by atoms with van der Waals surface area (Å²) in [7, 11) is 0. The molecular formula is C5H12CuN4O3. The Balaban J connectivity index is 0. The molecule has 0 aromatic carbocycles. The van der Waals surface area contributed by atoms with E-state index >= 15 is 0 Å². The Bertz CT molecular complexity index is 183. The Hall–Kier alpha value is -0.981. The first-order chi connectivity index (χ1) is 5.54. The van der Waals surface area contributed by atoms with Crippen LogP contribution in [0.2, 0.25) is 0 Å². The van der Waals surface area contributed by atoms with Crippen molar-refractivity contribution in [3.63, 3.8) is 0 Å². The van der Waals surface area contributed by atoms with E-state index in [0.717, 1.165) is 0 Å². The number of rotatable bonds is 5. The minimum Gasteiger partial charge on any atom is -0.480 e. The van der Waals surface area contributed by atoms with E-state index in [1.807, 2.05) is 0 Å². The molecule has 0 fully saturated rings. The molecule has 0 spiro atoms. The largest absolute Gasteiger partial charge is 0.480 e. The zero-order chi connectivity index (χ0) is 9.56. The minimum atomic E-state index is -1.08. The summed E-state index contributed by atoms with van der Waals surface area (Å²) in [6, 6.07) is -0.945. The molecule has 7 N–H and O–H groups in total. The van der Waals surface area contributed by atoms with Gasteiger partial charge in [0, 0.05) is 23.5 Å². The standard InChI is InChI=1S/C5H12N4O3.Cu/c6-3(4(10)11)1-2-12-9-5(7)8;/h3H,1-2,6H2,(H,10,11)(H4,7,8,9);. The van der Waals surface area contributed by atoms with Crippen LogP contribution in [0, 0.1) is 0 Å². The van der Waals surface area contributed by atoms with Crippen LogP contribution in [-0.4, -0.2) is 29.7 Å². The molecule has 0 aliphatic carbocycles. The average molecular weight is 240 g/mol. The molecular weight excluding hydrogens is 228 g/mol. The van der Waals surface area contributed by atoms with E-state index in [0.29, 0.717) is 0 Å². The number of carboxylic acid groups (broad SMARTS) is 1. The molecule has 0 aliphatic rings. The van der Waals surface area contributed by atoms with Crippen LogP contribution >= 0.6 is 0 Å². The van der Waals surface area contributed by atoms with E-state index in [1.54, 1.807) is 0 Å². The number of aliphatic carboxylic acids is 1. The van der Waals surface area contributed by atoms with Gasteiger partial charge < -0.3 is 27.1 Å². The van der Waals surface area contributed by atoms with Crippen molar-refractivity contribution in [2.75, 3.05) is 6.61 Å². The van der Waals surface area contributed by atoms with Gasteiger partial charge in [0.05, 0.1) is 0 Å². The monoisotopic (exact) mass is 239 g/mol. The SMILES string of the molecule is NC(N)=NOCCC(N)C(=O)O.[Cu]. The van der Waals surface area contributed by atoms with Crippen molar-refractivity contribution in [1.82, 2.24) is 0 Å². The van der Waals surface area contributed by atoms with Gasteiger partial charge >= 0.3 is 5.97 Å². The smallest absolute Gasteiger partial charge is 0.320 e. The third-order valence-corrected chi connectivity index (χ3v) is 1.01. The molecule has 13 heavy (non-hydrogen) atoms. The topological polar surface area (TPSA) is 137 Å². The van der Waals surface area contributed by atoms with E-state index in [-0.39, 0.29) is 36.1 Å². The Morgan fingerprint density at radius 1 is 1.54 bits per heavy atom. The summed E-state index contributed by atoms with van der Waals surface area (Å²) >= 11 is 0. The zero-order valence-electron chi connectivity index (χ0n) is 6.74. The number of nitrogens with zero attached hydrogens (tertiary/aromatic N) is 1. The molecule has 1 radical (unpaired) electrons. The molecule has 81 valence electrons. The molecule has 0 rings (SSSR count). The minimum absolute atomic E-state index is 0. The van der Waals surface area contributed by atoms with Gasteiger partial charge in [-0.1, -0.05) is 0 Å². The van der Waals surface area contributed by atoms with Crippen LogP contribution in [0.5, 0.6) is 0 Å². The maximum atomic E-state index is 10.2. The van der Waals surface area contributed by atoms with Gasteiger partial charge in [0.25, 0.3) is 0 Å². The van der Waals surface area contributed by atoms with Crippen LogP contribution in [0.3, 0.4) is 0 Å². The van der Waals surface area contributed by atoms with Crippen LogP contribution < -0.4 is 17.2 Å². The zero-order valence-corrected chi connectivity index (χ0v) is 7.68. The van der Waals surface area contributed by atoms with Gasteiger partial charge in [-0.25, -0.2) is 0 Å². The molecule has 1 atom stereocenters. The van der Waals surface area contributed by atoms with E-state index < -0.39 is 12.0 Å². The molecule has 1 unspecified atom stereocenters. The van der Waals surface area contributed by atoms with E-state index in [1.165, 1.54) is 0 Å². The summed E-state index contributed by atoms with van der Waals surface area (Å²) in [6.45, 7) is 0.0748. The van der Waals surface area contributed by atoms with Crippen molar-refractivity contribution >= 4 is 11.9 Å². The van der Waals surface area contributed by atoms with Crippen molar-refractivity contribution in [2.45, 2.75) is 12.5 Å². The predicted molar refractivity (Wildman–Crippen MR) is 42.0 cm³/mol. The van der Waals surface area contributed by atoms with Crippen molar-refractivity contribution in [3.8, 4) is 0 Å². The molecule has 0 aromatic rings. The van der Waals surface area contributed by atoms with Gasteiger partial charge in [-0.3, -0.25) is 4.79 Å². The molecule has 0 saturated heterocycles. The fourth-order valence-electron chi connectivity index (χ4n) is 0.423. The molecule has 0 heterocycles. The number of guanidine groups is 1. The molecule has 8 heteroatoms. The van der Waals surface area contributed by atoms with Gasteiger partial charge in [-0.05, 0) is 5.16 Å². The molecule has 0 amide bonds. The van der Waals surface area contributed by atoms with Crippen LogP contribution in [0.15, 0.2) is 5.16 Å². The van der Waals surface area contributed by atoms with Crippen molar-refractivity contribution in [2.24, 2.45) is 22.4 Å². The summed E-state index contributed by atoms with van der Waals surface area (Å²) in [5.74, 6) is -1.29. The third kappa shape index (κ3) is 8.93. The fraction of sp³-hybridized carbons (Fsp3) is 0.600. The summed E-state index contributed by atoms with van der Waals surface area (Å²) in [4.78, 5) is 14.7. The Kier molecular flexibility index (Phi) is 8.56. The van der Waals surface area contributed by atoms with Crippen LogP contribution in [0.25, 0.3) is 0 Å². The fourth-order valence-corrected chi connectivity index (χ4v) is 0.423. The average Bonchev–Trinajstić information content (AvgIpc) is 1.97. The summed E-state index contributed by atoms with van der Waals surface area (Å²) in [5.41, 5.74) is 15.0. The quantitative estimate of drug-likeness (QED) is 0.144. The van der Waals surface area contributed by atoms with E-state index in [9.17, 15) is 4.79 Å². The maximum Gasteiger partial charge on any atom is 0.320 e. The molecule has 7 nitrogen and oxygen atoms in total. The molecule has 0 saturated carbocycles. The van der Waals surface area contributed by atoms with Crippen molar-refractivity contribution in [3.05, 3.63) is 0 Å². The van der Waals surface area contributed by atoms with Gasteiger partial charge in [-0.15, -0.1) is 0 Å². The van der Waals surface area contributed by atoms with E-state index in [2.05, 4.69) is 9.99 Å². The number of hydrogen-bond acceptors (Lipinski definition) is 4. The normalized spacial score (nSPS) is 10.8. The first-order valence-electron chi connectivity index (χ1n) is 3.23. The summed E-state index contributed by atoms with van der Waals surface area (Å²) in [5, 5.41) is 11.5. The Morgan fingerprint density at radius 3 is 2.46 bits per heavy atom. The molecule has 0 bridgehead atoms. The number of hydrogen-bond donors (Lipinski definition) is 4. The number of carboxylic acids is 1. The van der Waals surface area contributed by atoms with Crippen molar-refractivity contribution < 1.29 is 31.8 Å². The van der Waals surface area contributed by atoms with Gasteiger partial charge in [-0.2, -0.15) is 0 Å². The Labute approximate surface area is 85.7 Å². The van der Waals surface area contributed by atoms with Gasteiger partial charge in [0.1, 0.15) is 12.6 Å². The van der Waals surface area contributed by atoms with Crippen LogP contribution in [0.1, 0.15) is 6.42 Å². The van der Waals surface area contributed by atoms with Gasteiger partial charge in [0.15, 0.2) is 0 Å². The number of carbonyl (C=O) groups is 1. The number of nitrogens with two attached hydrogens (primary N) is 3. The Morgan fingerprint density at radius 2 is 2.08 bits per heavy atom. The van der Waals surface area contributed by atoms with Crippen molar-refractivity contribution in [1.29, 1.82) is 0 Å². The summed E-state index contributed by atoms with van der Waals surface area (Å²) < 4.78 is 0. The second-order valence-corrected chi connectivity index (χ2v) is 2.08. The number of oxime groups is 1. The first kappa shape index (κ1) is 14.5. The van der Waals surface area contributed by atoms with Gasteiger partial charge in [0.2, 0.25) is 5.96 Å². The second kappa shape index (κ2) is 7.66. The van der Waals surface area contributed by atoms with Crippen LogP contribution in [-0.2, 0) is 26.7 Å². The maximum absolute atomic E-state index is 10.2.